The first kappa shape index (κ1) is 13.9. The monoisotopic (exact) mass is 330 g/mol. The maximum absolute atomic E-state index is 13.3. The fourth-order valence-electron chi connectivity index (χ4n) is 2.34. The van der Waals surface area contributed by atoms with Crippen LogP contribution in [0.4, 0.5) is 4.39 Å². The van der Waals surface area contributed by atoms with Crippen LogP contribution < -0.4 is 5.73 Å². The van der Waals surface area contributed by atoms with Crippen LogP contribution in [0.15, 0.2) is 22.7 Å². The Labute approximate surface area is 120 Å². The second-order valence-electron chi connectivity index (χ2n) is 4.73. The first-order chi connectivity index (χ1) is 8.54. The fraction of sp³-hybridized carbons (Fsp3) is 0.462. The molecule has 2 N–H and O–H groups in total. The lowest BCUT2D eigenvalue weighted by molar-refractivity contribution is 0.202. The molecule has 2 rings (SSSR count). The standard InChI is InChI=1S/C13H16BrFN2S/c14-11-5-9(6-12(15)7-11)8-17-3-1-10(2-4-17)13(16)18/h5-7,10H,1-4,8H2,(H2,16,18). The quantitative estimate of drug-likeness (QED) is 0.863. The van der Waals surface area contributed by atoms with Gasteiger partial charge in [0.15, 0.2) is 0 Å². The van der Waals surface area contributed by atoms with Crippen molar-refractivity contribution in [2.45, 2.75) is 19.4 Å². The summed E-state index contributed by atoms with van der Waals surface area (Å²) in [5, 5.41) is 0. The summed E-state index contributed by atoms with van der Waals surface area (Å²) in [6, 6.07) is 5.02. The maximum atomic E-state index is 13.3. The molecule has 0 unspecified atom stereocenters. The molecule has 1 heterocycles. The number of thiocarbonyl (C=S) groups is 1. The third kappa shape index (κ3) is 3.73. The number of hydrogen-bond donors (Lipinski definition) is 1. The smallest absolute Gasteiger partial charge is 0.124 e. The first-order valence-electron chi connectivity index (χ1n) is 6.01. The zero-order valence-electron chi connectivity index (χ0n) is 10.0. The lowest BCUT2D eigenvalue weighted by Gasteiger charge is -2.31. The summed E-state index contributed by atoms with van der Waals surface area (Å²) in [5.74, 6) is 0.174. The van der Waals surface area contributed by atoms with Crippen LogP contribution in [0.2, 0.25) is 0 Å². The Morgan fingerprint density at radius 1 is 1.39 bits per heavy atom. The molecule has 2 nitrogen and oxygen atoms in total. The van der Waals surface area contributed by atoms with E-state index in [0.29, 0.717) is 10.9 Å². The van der Waals surface area contributed by atoms with Crippen LogP contribution in [0.5, 0.6) is 0 Å². The van der Waals surface area contributed by atoms with Gasteiger partial charge < -0.3 is 5.73 Å². The molecule has 0 aliphatic carbocycles. The number of nitrogens with zero attached hydrogens (tertiary/aromatic N) is 1. The van der Waals surface area contributed by atoms with Crippen molar-refractivity contribution in [1.29, 1.82) is 0 Å². The minimum atomic E-state index is -0.197. The molecule has 98 valence electrons. The van der Waals surface area contributed by atoms with Gasteiger partial charge in [-0.2, -0.15) is 0 Å². The Kier molecular flexibility index (Phi) is 4.70. The van der Waals surface area contributed by atoms with Gasteiger partial charge in [-0.1, -0.05) is 28.1 Å². The van der Waals surface area contributed by atoms with Gasteiger partial charge in [-0.25, -0.2) is 4.39 Å². The highest BCUT2D eigenvalue weighted by Crippen LogP contribution is 2.21. The number of hydrogen-bond acceptors (Lipinski definition) is 2. The molecule has 5 heteroatoms. The summed E-state index contributed by atoms with van der Waals surface area (Å²) in [5.41, 5.74) is 6.66. The molecular formula is C13H16BrFN2S. The fourth-order valence-corrected chi connectivity index (χ4v) is 3.08. The molecule has 0 atom stereocenters. The molecule has 1 fully saturated rings. The molecule has 0 saturated carbocycles. The Balaban J connectivity index is 1.93. The minimum Gasteiger partial charge on any atom is -0.393 e. The molecule has 1 aliphatic rings. The number of benzene rings is 1. The van der Waals surface area contributed by atoms with E-state index in [1.54, 1.807) is 6.07 Å². The molecule has 1 aromatic carbocycles. The van der Waals surface area contributed by atoms with Gasteiger partial charge in [-0.15, -0.1) is 0 Å². The van der Waals surface area contributed by atoms with Gasteiger partial charge in [0.25, 0.3) is 0 Å². The zero-order chi connectivity index (χ0) is 13.1. The van der Waals surface area contributed by atoms with Gasteiger partial charge in [0, 0.05) is 16.9 Å². The van der Waals surface area contributed by atoms with Crippen molar-refractivity contribution in [3.63, 3.8) is 0 Å². The van der Waals surface area contributed by atoms with Gasteiger partial charge in [-0.3, -0.25) is 4.90 Å². The van der Waals surface area contributed by atoms with E-state index in [2.05, 4.69) is 20.8 Å². The molecule has 0 amide bonds. The first-order valence-corrected chi connectivity index (χ1v) is 7.21. The van der Waals surface area contributed by atoms with Crippen LogP contribution in [0, 0.1) is 11.7 Å². The SMILES string of the molecule is NC(=S)C1CCN(Cc2cc(F)cc(Br)c2)CC1. The number of piperidine rings is 1. The van der Waals surface area contributed by atoms with Crippen LogP contribution in [0.1, 0.15) is 18.4 Å². The van der Waals surface area contributed by atoms with Crippen LogP contribution in [-0.2, 0) is 6.54 Å². The van der Waals surface area contributed by atoms with E-state index in [1.807, 2.05) is 6.07 Å². The Morgan fingerprint density at radius 2 is 2.06 bits per heavy atom. The number of nitrogens with two attached hydrogens (primary N) is 1. The molecule has 0 aromatic heterocycles. The topological polar surface area (TPSA) is 29.3 Å². The highest BCUT2D eigenvalue weighted by molar-refractivity contribution is 9.10. The van der Waals surface area contributed by atoms with Crippen LogP contribution in [0.25, 0.3) is 0 Å². The van der Waals surface area contributed by atoms with Crippen molar-refractivity contribution in [2.24, 2.45) is 11.7 Å². The Hall–Kier alpha value is -0.520. The highest BCUT2D eigenvalue weighted by Gasteiger charge is 2.21. The van der Waals surface area contributed by atoms with Crippen LogP contribution in [-0.4, -0.2) is 23.0 Å². The van der Waals surface area contributed by atoms with Gasteiger partial charge in [0.1, 0.15) is 5.82 Å². The number of rotatable bonds is 3. The van der Waals surface area contributed by atoms with Gasteiger partial charge in [-0.05, 0) is 49.7 Å². The Bertz CT molecular complexity index is 424. The maximum Gasteiger partial charge on any atom is 0.124 e. The summed E-state index contributed by atoms with van der Waals surface area (Å²) in [7, 11) is 0. The third-order valence-electron chi connectivity index (χ3n) is 3.32. The summed E-state index contributed by atoms with van der Waals surface area (Å²) in [6.45, 7) is 2.71. The van der Waals surface area contributed by atoms with Gasteiger partial charge >= 0.3 is 0 Å². The number of likely N-dealkylation sites (tertiary alicyclic amines) is 1. The molecule has 18 heavy (non-hydrogen) atoms. The predicted octanol–water partition coefficient (Wildman–Crippen LogP) is 3.09. The van der Waals surface area contributed by atoms with Crippen LogP contribution >= 0.6 is 28.1 Å². The van der Waals surface area contributed by atoms with Crippen molar-refractivity contribution >= 4 is 33.1 Å². The molecule has 0 spiro atoms. The molecule has 0 bridgehead atoms. The summed E-state index contributed by atoms with van der Waals surface area (Å²) < 4.78 is 14.1. The summed E-state index contributed by atoms with van der Waals surface area (Å²) >= 11 is 8.34. The second kappa shape index (κ2) is 6.08. The van der Waals surface area contributed by atoms with E-state index in [-0.39, 0.29) is 5.82 Å². The lowest BCUT2D eigenvalue weighted by atomic mass is 9.96. The van der Waals surface area contributed by atoms with Crippen molar-refractivity contribution in [2.75, 3.05) is 13.1 Å². The molecule has 1 aliphatic heterocycles. The average Bonchev–Trinajstić information content (AvgIpc) is 2.28. The molecule has 0 radical (unpaired) electrons. The normalized spacial score (nSPS) is 17.9. The van der Waals surface area contributed by atoms with Crippen molar-refractivity contribution in [3.8, 4) is 0 Å². The van der Waals surface area contributed by atoms with E-state index >= 15 is 0 Å². The van der Waals surface area contributed by atoms with Crippen molar-refractivity contribution < 1.29 is 4.39 Å². The lowest BCUT2D eigenvalue weighted by Crippen LogP contribution is -2.37. The summed E-state index contributed by atoms with van der Waals surface area (Å²) in [6.07, 6.45) is 2.01. The van der Waals surface area contributed by atoms with E-state index in [1.165, 1.54) is 6.07 Å². The molecule has 1 saturated heterocycles. The largest absolute Gasteiger partial charge is 0.393 e. The molecule has 1 aromatic rings. The van der Waals surface area contributed by atoms with Gasteiger partial charge in [0.2, 0.25) is 0 Å². The van der Waals surface area contributed by atoms with Gasteiger partial charge in [0.05, 0.1) is 4.99 Å². The van der Waals surface area contributed by atoms with Crippen LogP contribution in [0.3, 0.4) is 0 Å². The highest BCUT2D eigenvalue weighted by atomic mass is 79.9. The van der Waals surface area contributed by atoms with Crippen molar-refractivity contribution in [1.82, 2.24) is 4.90 Å². The Morgan fingerprint density at radius 3 is 2.61 bits per heavy atom. The average molecular weight is 331 g/mol. The van der Waals surface area contributed by atoms with Crippen molar-refractivity contribution in [3.05, 3.63) is 34.1 Å². The van der Waals surface area contributed by atoms with E-state index < -0.39 is 0 Å². The van der Waals surface area contributed by atoms with E-state index in [9.17, 15) is 4.39 Å². The number of halogens is 2. The zero-order valence-corrected chi connectivity index (χ0v) is 12.4. The third-order valence-corrected chi connectivity index (χ3v) is 4.11. The predicted molar refractivity (Wildman–Crippen MR) is 78.9 cm³/mol. The molecular weight excluding hydrogens is 315 g/mol. The minimum absolute atomic E-state index is 0.197. The second-order valence-corrected chi connectivity index (χ2v) is 6.12. The van der Waals surface area contributed by atoms with E-state index in [4.69, 9.17) is 18.0 Å². The van der Waals surface area contributed by atoms with E-state index in [0.717, 1.165) is 42.5 Å². The summed E-state index contributed by atoms with van der Waals surface area (Å²) in [4.78, 5) is 2.94.